The standard InChI is InChI=1S/C15H15NO4/c1-9-10(2)15(20)16(14(9)19)12(8-13(17)18)11-6-4-3-5-7-11/h3-7,12H,8H2,1-2H3,(H,17,18). The van der Waals surface area contributed by atoms with Gasteiger partial charge in [0.1, 0.15) is 0 Å². The van der Waals surface area contributed by atoms with Crippen LogP contribution in [0.4, 0.5) is 0 Å². The molecule has 1 N–H and O–H groups in total. The zero-order valence-corrected chi connectivity index (χ0v) is 11.3. The molecule has 0 radical (unpaired) electrons. The molecule has 5 heteroatoms. The topological polar surface area (TPSA) is 74.7 Å². The van der Waals surface area contributed by atoms with Gasteiger partial charge >= 0.3 is 5.97 Å². The third-order valence-electron chi connectivity index (χ3n) is 3.51. The molecule has 1 atom stereocenters. The molecule has 1 unspecified atom stereocenters. The van der Waals surface area contributed by atoms with Crippen LogP contribution in [0.5, 0.6) is 0 Å². The minimum atomic E-state index is -1.05. The predicted molar refractivity (Wildman–Crippen MR) is 71.7 cm³/mol. The third kappa shape index (κ3) is 2.34. The Hall–Kier alpha value is -2.43. The smallest absolute Gasteiger partial charge is 0.305 e. The highest BCUT2D eigenvalue weighted by Crippen LogP contribution is 2.32. The summed E-state index contributed by atoms with van der Waals surface area (Å²) in [6.07, 6.45) is -0.304. The van der Waals surface area contributed by atoms with Gasteiger partial charge in [-0.25, -0.2) is 0 Å². The molecule has 1 heterocycles. The van der Waals surface area contributed by atoms with Gasteiger partial charge in [-0.1, -0.05) is 30.3 Å². The van der Waals surface area contributed by atoms with Crippen molar-refractivity contribution in [3.8, 4) is 0 Å². The van der Waals surface area contributed by atoms with Gasteiger partial charge in [-0.15, -0.1) is 0 Å². The number of hydrogen-bond acceptors (Lipinski definition) is 3. The minimum Gasteiger partial charge on any atom is -0.481 e. The van der Waals surface area contributed by atoms with Crippen molar-refractivity contribution >= 4 is 17.8 Å². The van der Waals surface area contributed by atoms with E-state index < -0.39 is 23.8 Å². The molecule has 104 valence electrons. The molecule has 5 nitrogen and oxygen atoms in total. The molecule has 0 saturated carbocycles. The number of carboxylic acids is 1. The van der Waals surface area contributed by atoms with E-state index in [-0.39, 0.29) is 6.42 Å². The van der Waals surface area contributed by atoms with E-state index in [9.17, 15) is 14.4 Å². The molecule has 1 aliphatic heterocycles. The van der Waals surface area contributed by atoms with Crippen LogP contribution in [0.15, 0.2) is 41.5 Å². The summed E-state index contributed by atoms with van der Waals surface area (Å²) in [5, 5.41) is 9.05. The minimum absolute atomic E-state index is 0.304. The van der Waals surface area contributed by atoms with Crippen molar-refractivity contribution in [3.05, 3.63) is 47.0 Å². The van der Waals surface area contributed by atoms with Gasteiger partial charge in [0.2, 0.25) is 0 Å². The number of rotatable bonds is 4. The summed E-state index contributed by atoms with van der Waals surface area (Å²) >= 11 is 0. The van der Waals surface area contributed by atoms with E-state index in [0.717, 1.165) is 4.90 Å². The fourth-order valence-corrected chi connectivity index (χ4v) is 2.26. The number of imide groups is 1. The Balaban J connectivity index is 2.42. The lowest BCUT2D eigenvalue weighted by Crippen LogP contribution is -2.36. The molecule has 1 aromatic carbocycles. The largest absolute Gasteiger partial charge is 0.481 e. The van der Waals surface area contributed by atoms with Crippen LogP contribution in [0.2, 0.25) is 0 Å². The first-order valence-corrected chi connectivity index (χ1v) is 6.25. The first kappa shape index (κ1) is 14.0. The Morgan fingerprint density at radius 3 is 2.05 bits per heavy atom. The van der Waals surface area contributed by atoms with Crippen molar-refractivity contribution in [2.24, 2.45) is 0 Å². The second-order valence-electron chi connectivity index (χ2n) is 4.75. The molecule has 0 fully saturated rings. The van der Waals surface area contributed by atoms with E-state index >= 15 is 0 Å². The van der Waals surface area contributed by atoms with Gasteiger partial charge in [0, 0.05) is 11.1 Å². The molecule has 0 saturated heterocycles. The summed E-state index contributed by atoms with van der Waals surface area (Å²) < 4.78 is 0. The zero-order valence-electron chi connectivity index (χ0n) is 11.3. The molecule has 0 bridgehead atoms. The van der Waals surface area contributed by atoms with Crippen LogP contribution in [-0.2, 0) is 14.4 Å². The lowest BCUT2D eigenvalue weighted by molar-refractivity contribution is -0.144. The van der Waals surface area contributed by atoms with Gasteiger partial charge < -0.3 is 5.11 Å². The van der Waals surface area contributed by atoms with Crippen LogP contribution >= 0.6 is 0 Å². The summed E-state index contributed by atoms with van der Waals surface area (Å²) in [7, 11) is 0. The maximum atomic E-state index is 12.2. The number of aliphatic carboxylic acids is 1. The molecular weight excluding hydrogens is 258 g/mol. The highest BCUT2D eigenvalue weighted by molar-refractivity contribution is 6.19. The number of carbonyl (C=O) groups is 3. The molecular formula is C15H15NO4. The fraction of sp³-hybridized carbons (Fsp3) is 0.267. The van der Waals surface area contributed by atoms with Crippen molar-refractivity contribution in [1.82, 2.24) is 4.90 Å². The normalized spacial score (nSPS) is 16.8. The van der Waals surface area contributed by atoms with Crippen molar-refractivity contribution in [3.63, 3.8) is 0 Å². The molecule has 2 rings (SSSR count). The quantitative estimate of drug-likeness (QED) is 0.850. The van der Waals surface area contributed by atoms with Crippen LogP contribution in [0.3, 0.4) is 0 Å². The van der Waals surface area contributed by atoms with Crippen molar-refractivity contribution in [2.45, 2.75) is 26.3 Å². The maximum absolute atomic E-state index is 12.2. The Kier molecular flexibility index (Phi) is 3.70. The number of benzene rings is 1. The van der Waals surface area contributed by atoms with Gasteiger partial charge in [0.15, 0.2) is 0 Å². The fourth-order valence-electron chi connectivity index (χ4n) is 2.26. The second kappa shape index (κ2) is 5.28. The first-order chi connectivity index (χ1) is 9.43. The second-order valence-corrected chi connectivity index (χ2v) is 4.75. The van der Waals surface area contributed by atoms with Gasteiger partial charge in [0.05, 0.1) is 12.5 Å². The monoisotopic (exact) mass is 273 g/mol. The highest BCUT2D eigenvalue weighted by atomic mass is 16.4. The SMILES string of the molecule is CC1=C(C)C(=O)N(C(CC(=O)O)c2ccccc2)C1=O. The van der Waals surface area contributed by atoms with E-state index in [1.807, 2.05) is 0 Å². The Morgan fingerprint density at radius 1 is 1.10 bits per heavy atom. The molecule has 20 heavy (non-hydrogen) atoms. The summed E-state index contributed by atoms with van der Waals surface area (Å²) in [4.78, 5) is 36.5. The molecule has 0 aromatic heterocycles. The Bertz CT molecular complexity index is 580. The van der Waals surface area contributed by atoms with Crippen molar-refractivity contribution in [2.75, 3.05) is 0 Å². The maximum Gasteiger partial charge on any atom is 0.305 e. The van der Waals surface area contributed by atoms with Gasteiger partial charge in [0.25, 0.3) is 11.8 Å². The van der Waals surface area contributed by atoms with Crippen LogP contribution in [0, 0.1) is 0 Å². The number of nitrogens with zero attached hydrogens (tertiary/aromatic N) is 1. The van der Waals surface area contributed by atoms with Crippen LogP contribution < -0.4 is 0 Å². The van der Waals surface area contributed by atoms with Gasteiger partial charge in [-0.05, 0) is 19.4 Å². The molecule has 0 aliphatic carbocycles. The van der Waals surface area contributed by atoms with E-state index in [0.29, 0.717) is 16.7 Å². The van der Waals surface area contributed by atoms with E-state index in [1.165, 1.54) is 0 Å². The van der Waals surface area contributed by atoms with Gasteiger partial charge in [-0.2, -0.15) is 0 Å². The average molecular weight is 273 g/mol. The third-order valence-corrected chi connectivity index (χ3v) is 3.51. The number of amides is 2. The van der Waals surface area contributed by atoms with E-state index in [4.69, 9.17) is 5.11 Å². The Morgan fingerprint density at radius 2 is 1.60 bits per heavy atom. The van der Waals surface area contributed by atoms with Crippen LogP contribution in [0.25, 0.3) is 0 Å². The van der Waals surface area contributed by atoms with Crippen molar-refractivity contribution < 1.29 is 19.5 Å². The molecule has 0 spiro atoms. The van der Waals surface area contributed by atoms with Crippen molar-refractivity contribution in [1.29, 1.82) is 0 Å². The zero-order chi connectivity index (χ0) is 14.9. The summed E-state index contributed by atoms with van der Waals surface area (Å²) in [5.74, 6) is -1.88. The highest BCUT2D eigenvalue weighted by Gasteiger charge is 2.39. The lowest BCUT2D eigenvalue weighted by Gasteiger charge is -2.26. The number of carboxylic acid groups (broad SMARTS) is 1. The molecule has 2 amide bonds. The number of carbonyl (C=O) groups excluding carboxylic acids is 2. The van der Waals surface area contributed by atoms with Crippen LogP contribution in [0.1, 0.15) is 31.9 Å². The first-order valence-electron chi connectivity index (χ1n) is 6.25. The number of hydrogen-bond donors (Lipinski definition) is 1. The predicted octanol–water partition coefficient (Wildman–Crippen LogP) is 1.91. The van der Waals surface area contributed by atoms with E-state index in [2.05, 4.69) is 0 Å². The average Bonchev–Trinajstić information content (AvgIpc) is 2.62. The molecule has 1 aliphatic rings. The summed E-state index contributed by atoms with van der Waals surface area (Å²) in [6, 6.07) is 7.96. The van der Waals surface area contributed by atoms with E-state index in [1.54, 1.807) is 44.2 Å². The van der Waals surface area contributed by atoms with Crippen LogP contribution in [-0.4, -0.2) is 27.8 Å². The lowest BCUT2D eigenvalue weighted by atomic mass is 10.0. The Labute approximate surface area is 116 Å². The summed E-state index contributed by atoms with van der Waals surface area (Å²) in [5.41, 5.74) is 1.39. The molecule has 1 aromatic rings. The van der Waals surface area contributed by atoms with Gasteiger partial charge in [-0.3, -0.25) is 19.3 Å². The summed E-state index contributed by atoms with van der Waals surface area (Å²) in [6.45, 7) is 3.16.